The van der Waals surface area contributed by atoms with Crippen LogP contribution >= 0.6 is 15.9 Å². The lowest BCUT2D eigenvalue weighted by molar-refractivity contribution is 0.0480. The number of nitrogens with zero attached hydrogens (tertiary/aromatic N) is 3. The number of hydrogen-bond acceptors (Lipinski definition) is 2. The first-order valence-corrected chi connectivity index (χ1v) is 9.30. The Kier molecular flexibility index (Phi) is 4.25. The van der Waals surface area contributed by atoms with Crippen molar-refractivity contribution in [3.05, 3.63) is 34.9 Å². The van der Waals surface area contributed by atoms with Gasteiger partial charge in [-0.05, 0) is 43.7 Å². The number of aromatic nitrogens is 1. The van der Waals surface area contributed by atoms with E-state index in [1.165, 1.54) is 62.9 Å². The van der Waals surface area contributed by atoms with Crippen molar-refractivity contribution >= 4 is 26.8 Å². The van der Waals surface area contributed by atoms with Gasteiger partial charge in [-0.15, -0.1) is 0 Å². The fraction of sp³-hybridized carbons (Fsp3) is 0.556. The molecule has 3 nitrogen and oxygen atoms in total. The molecule has 0 amide bonds. The van der Waals surface area contributed by atoms with Gasteiger partial charge in [0.2, 0.25) is 0 Å². The smallest absolute Gasteiger partial charge is 0.0481 e. The first-order valence-electron chi connectivity index (χ1n) is 8.50. The summed E-state index contributed by atoms with van der Waals surface area (Å²) < 4.78 is 3.56. The maximum absolute atomic E-state index is 3.55. The zero-order valence-electron chi connectivity index (χ0n) is 13.0. The summed E-state index contributed by atoms with van der Waals surface area (Å²) >= 11 is 3.55. The van der Waals surface area contributed by atoms with Crippen molar-refractivity contribution in [3.63, 3.8) is 0 Å². The molecular weight excluding hydrogens is 338 g/mol. The molecule has 1 aromatic carbocycles. The average Bonchev–Trinajstić information content (AvgIpc) is 2.95. The molecule has 2 fully saturated rings. The lowest BCUT2D eigenvalue weighted by Gasteiger charge is -2.44. The van der Waals surface area contributed by atoms with Gasteiger partial charge in [0.25, 0.3) is 0 Å². The maximum atomic E-state index is 3.55. The molecule has 0 spiro atoms. The van der Waals surface area contributed by atoms with Gasteiger partial charge in [-0.25, -0.2) is 0 Å². The topological polar surface area (TPSA) is 11.4 Å². The second kappa shape index (κ2) is 6.34. The first-order chi connectivity index (χ1) is 10.8. The van der Waals surface area contributed by atoms with Gasteiger partial charge in [-0.2, -0.15) is 0 Å². The van der Waals surface area contributed by atoms with Crippen LogP contribution in [0.15, 0.2) is 34.9 Å². The molecule has 1 atom stereocenters. The van der Waals surface area contributed by atoms with E-state index in [-0.39, 0.29) is 0 Å². The maximum Gasteiger partial charge on any atom is 0.0481 e. The third kappa shape index (κ3) is 2.97. The summed E-state index contributed by atoms with van der Waals surface area (Å²) in [5.74, 6) is 0. The Hall–Kier alpha value is -0.840. The van der Waals surface area contributed by atoms with Gasteiger partial charge in [-0.3, -0.25) is 9.80 Å². The number of rotatable bonds is 3. The summed E-state index contributed by atoms with van der Waals surface area (Å²) in [7, 11) is 0. The fourth-order valence-corrected chi connectivity index (χ4v) is 4.42. The summed E-state index contributed by atoms with van der Waals surface area (Å²) in [5.41, 5.74) is 1.35. The van der Waals surface area contributed by atoms with Crippen LogP contribution in [0.2, 0.25) is 0 Å². The second-order valence-corrected chi connectivity index (χ2v) is 7.61. The molecule has 2 saturated heterocycles. The molecule has 118 valence electrons. The van der Waals surface area contributed by atoms with E-state index >= 15 is 0 Å². The summed E-state index contributed by atoms with van der Waals surface area (Å²) in [5, 5.41) is 1.33. The third-order valence-electron chi connectivity index (χ3n) is 5.31. The molecule has 0 aliphatic carbocycles. The Balaban J connectivity index is 1.39. The van der Waals surface area contributed by atoms with Crippen molar-refractivity contribution < 1.29 is 0 Å². The Bertz CT molecular complexity index is 651. The predicted octanol–water partition coefficient (Wildman–Crippen LogP) is 3.57. The van der Waals surface area contributed by atoms with Crippen molar-refractivity contribution in [3.8, 4) is 0 Å². The number of piperazine rings is 1. The standard InChI is InChI=1S/C18H24BrN3/c19-16-4-5-18-15(13-16)6-8-22(18)12-10-20-9-11-21-7-2-1-3-17(21)14-20/h4-6,8,13,17H,1-3,7,9-12,14H2. The zero-order valence-corrected chi connectivity index (χ0v) is 14.6. The molecule has 0 radical (unpaired) electrons. The monoisotopic (exact) mass is 361 g/mol. The van der Waals surface area contributed by atoms with Crippen LogP contribution in [-0.4, -0.2) is 53.1 Å². The lowest BCUT2D eigenvalue weighted by atomic mass is 9.99. The van der Waals surface area contributed by atoms with Crippen LogP contribution in [0.1, 0.15) is 19.3 Å². The molecular formula is C18H24BrN3. The number of piperidine rings is 1. The number of benzene rings is 1. The van der Waals surface area contributed by atoms with Crippen molar-refractivity contribution in [2.45, 2.75) is 31.8 Å². The summed E-state index contributed by atoms with van der Waals surface area (Å²) in [6.07, 6.45) is 6.46. The van der Waals surface area contributed by atoms with Crippen LogP contribution in [0.4, 0.5) is 0 Å². The van der Waals surface area contributed by atoms with Gasteiger partial charge in [0.15, 0.2) is 0 Å². The normalized spacial score (nSPS) is 23.8. The van der Waals surface area contributed by atoms with E-state index in [1.54, 1.807) is 0 Å². The fourth-order valence-electron chi connectivity index (χ4n) is 4.04. The average molecular weight is 362 g/mol. The summed E-state index contributed by atoms with van der Waals surface area (Å²) in [6.45, 7) is 7.37. The SMILES string of the molecule is Brc1ccc2c(ccn2CCN2CCN3CCCCC3C2)c1. The van der Waals surface area contributed by atoms with Gasteiger partial charge >= 0.3 is 0 Å². The minimum absolute atomic E-state index is 0.819. The van der Waals surface area contributed by atoms with Crippen molar-refractivity contribution in [2.75, 3.05) is 32.7 Å². The van der Waals surface area contributed by atoms with Crippen LogP contribution in [0.3, 0.4) is 0 Å². The lowest BCUT2D eigenvalue weighted by Crippen LogP contribution is -2.55. The molecule has 1 unspecified atom stereocenters. The third-order valence-corrected chi connectivity index (χ3v) is 5.80. The molecule has 1 aromatic heterocycles. The van der Waals surface area contributed by atoms with E-state index in [0.29, 0.717) is 0 Å². The summed E-state index contributed by atoms with van der Waals surface area (Å²) in [4.78, 5) is 5.37. The van der Waals surface area contributed by atoms with Crippen molar-refractivity contribution in [1.82, 2.24) is 14.4 Å². The van der Waals surface area contributed by atoms with Gasteiger partial charge in [0, 0.05) is 60.3 Å². The molecule has 3 heterocycles. The highest BCUT2D eigenvalue weighted by Gasteiger charge is 2.28. The first kappa shape index (κ1) is 14.7. The molecule has 0 saturated carbocycles. The molecule has 4 heteroatoms. The molecule has 2 aliphatic heterocycles. The molecule has 0 bridgehead atoms. The predicted molar refractivity (Wildman–Crippen MR) is 95.3 cm³/mol. The van der Waals surface area contributed by atoms with E-state index in [9.17, 15) is 0 Å². The van der Waals surface area contributed by atoms with Gasteiger partial charge in [-0.1, -0.05) is 22.4 Å². The van der Waals surface area contributed by atoms with E-state index in [2.05, 4.69) is 60.8 Å². The quantitative estimate of drug-likeness (QED) is 0.827. The van der Waals surface area contributed by atoms with E-state index in [0.717, 1.165) is 17.1 Å². The molecule has 0 N–H and O–H groups in total. The number of halogens is 1. The number of hydrogen-bond donors (Lipinski definition) is 0. The minimum Gasteiger partial charge on any atom is -0.346 e. The Morgan fingerprint density at radius 1 is 1.05 bits per heavy atom. The second-order valence-electron chi connectivity index (χ2n) is 6.70. The van der Waals surface area contributed by atoms with Crippen molar-refractivity contribution in [1.29, 1.82) is 0 Å². The van der Waals surface area contributed by atoms with Crippen LogP contribution in [0.5, 0.6) is 0 Å². The zero-order chi connectivity index (χ0) is 14.9. The summed E-state index contributed by atoms with van der Waals surface area (Å²) in [6, 6.07) is 9.60. The molecule has 2 aromatic rings. The molecule has 22 heavy (non-hydrogen) atoms. The molecule has 4 rings (SSSR count). The van der Waals surface area contributed by atoms with E-state index in [1.807, 2.05) is 0 Å². The van der Waals surface area contributed by atoms with Crippen LogP contribution in [0, 0.1) is 0 Å². The van der Waals surface area contributed by atoms with Gasteiger partial charge < -0.3 is 4.57 Å². The highest BCUT2D eigenvalue weighted by atomic mass is 79.9. The van der Waals surface area contributed by atoms with Gasteiger partial charge in [0.05, 0.1) is 0 Å². The van der Waals surface area contributed by atoms with Crippen LogP contribution in [0.25, 0.3) is 10.9 Å². The van der Waals surface area contributed by atoms with Crippen molar-refractivity contribution in [2.24, 2.45) is 0 Å². The Morgan fingerprint density at radius 2 is 2.00 bits per heavy atom. The Labute approximate surface area is 141 Å². The Morgan fingerprint density at radius 3 is 2.95 bits per heavy atom. The highest BCUT2D eigenvalue weighted by Crippen LogP contribution is 2.23. The minimum atomic E-state index is 0.819. The number of fused-ring (bicyclic) bond motifs is 2. The molecule has 2 aliphatic rings. The van der Waals surface area contributed by atoms with E-state index in [4.69, 9.17) is 0 Å². The van der Waals surface area contributed by atoms with E-state index < -0.39 is 0 Å². The van der Waals surface area contributed by atoms with Gasteiger partial charge in [0.1, 0.15) is 0 Å². The highest BCUT2D eigenvalue weighted by molar-refractivity contribution is 9.10. The van der Waals surface area contributed by atoms with Crippen LogP contribution in [-0.2, 0) is 6.54 Å². The van der Waals surface area contributed by atoms with Crippen LogP contribution < -0.4 is 0 Å². The largest absolute Gasteiger partial charge is 0.346 e.